The van der Waals surface area contributed by atoms with Gasteiger partial charge in [-0.1, -0.05) is 18.2 Å². The third kappa shape index (κ3) is 3.84. The van der Waals surface area contributed by atoms with Gasteiger partial charge in [0.2, 0.25) is 0 Å². The Balaban J connectivity index is 1.45. The maximum atomic E-state index is 13.3. The second-order valence-corrected chi connectivity index (χ2v) is 9.17. The second-order valence-electron chi connectivity index (χ2n) is 9.17. The summed E-state index contributed by atoms with van der Waals surface area (Å²) in [5.41, 5.74) is 0.723. The Hall–Kier alpha value is -1.67. The van der Waals surface area contributed by atoms with Gasteiger partial charge in [-0.3, -0.25) is 10.1 Å². The number of piperidine rings is 1. The van der Waals surface area contributed by atoms with Gasteiger partial charge in [0, 0.05) is 6.54 Å². The first-order valence-corrected chi connectivity index (χ1v) is 11.3. The summed E-state index contributed by atoms with van der Waals surface area (Å²) in [4.78, 5) is 15.2. The topological polar surface area (TPSA) is 80.3 Å². The van der Waals surface area contributed by atoms with Crippen LogP contribution >= 0.6 is 0 Å². The molecule has 7 heteroatoms. The van der Waals surface area contributed by atoms with Crippen LogP contribution in [0, 0.1) is 0 Å². The lowest BCUT2D eigenvalue weighted by atomic mass is 9.80. The molecule has 0 aromatic heterocycles. The van der Waals surface area contributed by atoms with Crippen molar-refractivity contribution in [2.45, 2.75) is 68.4 Å². The molecule has 7 nitrogen and oxygen atoms in total. The maximum absolute atomic E-state index is 13.3. The number of morpholine rings is 1. The fourth-order valence-electron chi connectivity index (χ4n) is 5.78. The van der Waals surface area contributed by atoms with Crippen LogP contribution in [0.5, 0.6) is 5.75 Å². The molecule has 2 bridgehead atoms. The van der Waals surface area contributed by atoms with E-state index in [1.807, 2.05) is 17.0 Å². The predicted octanol–water partition coefficient (Wildman–Crippen LogP) is 1.79. The minimum absolute atomic E-state index is 0.0170. The first kappa shape index (κ1) is 20.2. The van der Waals surface area contributed by atoms with Crippen LogP contribution in [0.2, 0.25) is 0 Å². The number of aliphatic hydroxyl groups excluding tert-OH is 1. The van der Waals surface area contributed by atoms with Crippen LogP contribution in [0.25, 0.3) is 0 Å². The van der Waals surface area contributed by atoms with Gasteiger partial charge >= 0.3 is 0 Å². The largest absolute Gasteiger partial charge is 0.483 e. The van der Waals surface area contributed by atoms with Crippen molar-refractivity contribution in [3.05, 3.63) is 29.8 Å². The zero-order valence-electron chi connectivity index (χ0n) is 17.4. The smallest absolute Gasteiger partial charge is 0.260 e. The van der Waals surface area contributed by atoms with Crippen LogP contribution in [0.1, 0.15) is 50.0 Å². The van der Waals surface area contributed by atoms with Crippen LogP contribution < -0.4 is 10.1 Å². The Morgan fingerprint density at radius 3 is 2.80 bits per heavy atom. The lowest BCUT2D eigenvalue weighted by Crippen LogP contribution is -2.73. The number of ether oxygens (including phenoxy) is 3. The number of benzene rings is 1. The lowest BCUT2D eigenvalue weighted by Gasteiger charge is -2.52. The zero-order chi connectivity index (χ0) is 20.6. The minimum Gasteiger partial charge on any atom is -0.483 e. The van der Waals surface area contributed by atoms with Gasteiger partial charge in [-0.15, -0.1) is 0 Å². The zero-order valence-corrected chi connectivity index (χ0v) is 17.4. The second kappa shape index (κ2) is 8.46. The summed E-state index contributed by atoms with van der Waals surface area (Å²) in [5.74, 6) is 1.24. The number of carbonyl (C=O) groups is 1. The third-order valence-electron chi connectivity index (χ3n) is 7.32. The quantitative estimate of drug-likeness (QED) is 0.671. The molecule has 6 rings (SSSR count). The molecule has 3 atom stereocenters. The highest BCUT2D eigenvalue weighted by molar-refractivity contribution is 5.78. The first-order chi connectivity index (χ1) is 14.6. The number of carbonyl (C=O) groups excluding carboxylic acids is 1. The van der Waals surface area contributed by atoms with Gasteiger partial charge in [0.15, 0.2) is 6.61 Å². The van der Waals surface area contributed by atoms with Gasteiger partial charge in [0.25, 0.3) is 5.91 Å². The molecule has 1 saturated carbocycles. The summed E-state index contributed by atoms with van der Waals surface area (Å²) in [6.45, 7) is 1.89. The van der Waals surface area contributed by atoms with Crippen molar-refractivity contribution in [1.29, 1.82) is 0 Å². The van der Waals surface area contributed by atoms with E-state index in [-0.39, 0.29) is 31.3 Å². The van der Waals surface area contributed by atoms with Crippen LogP contribution in [0.3, 0.4) is 0 Å². The number of fused-ring (bicyclic) bond motifs is 5. The number of nitrogens with zero attached hydrogens (tertiary/aromatic N) is 1. The molecule has 1 amide bonds. The number of para-hydroxylation sites is 1. The van der Waals surface area contributed by atoms with E-state index < -0.39 is 11.8 Å². The van der Waals surface area contributed by atoms with Gasteiger partial charge in [-0.2, -0.15) is 0 Å². The molecule has 4 aliphatic heterocycles. The van der Waals surface area contributed by atoms with E-state index in [0.29, 0.717) is 25.7 Å². The third-order valence-corrected chi connectivity index (χ3v) is 7.32. The molecule has 5 aliphatic rings. The molecule has 164 valence electrons. The van der Waals surface area contributed by atoms with Crippen LogP contribution in [0.4, 0.5) is 0 Å². The van der Waals surface area contributed by atoms with Crippen molar-refractivity contribution in [2.75, 3.05) is 33.0 Å². The summed E-state index contributed by atoms with van der Waals surface area (Å²) >= 11 is 0. The van der Waals surface area contributed by atoms with Crippen LogP contribution in [-0.2, 0) is 14.3 Å². The lowest BCUT2D eigenvalue weighted by molar-refractivity contribution is -0.158. The standard InChI is InChI=1S/C23H32N2O5/c26-21-13-28-15-23(24-21)10-3-11-25-20(23)12-29-17-8-6-16(7-9-17)18-4-1-2-5-19(18)30-14-22(25)27/h1-2,4-5,16-17,20-21,24,26H,3,6-15H2/t16?,17?,20-,21?,23+/m1/s1. The Kier molecular flexibility index (Phi) is 5.71. The molecule has 1 unspecified atom stereocenters. The fraction of sp³-hybridized carbons (Fsp3) is 0.696. The van der Waals surface area contributed by atoms with Gasteiger partial charge in [0.1, 0.15) is 12.0 Å². The van der Waals surface area contributed by atoms with E-state index in [2.05, 4.69) is 17.4 Å². The highest BCUT2D eigenvalue weighted by atomic mass is 16.5. The molecule has 1 spiro atoms. The van der Waals surface area contributed by atoms with Crippen molar-refractivity contribution < 1.29 is 24.1 Å². The molecule has 2 N–H and O–H groups in total. The summed E-state index contributed by atoms with van der Waals surface area (Å²) in [6.07, 6.45) is 5.35. The number of amides is 1. The normalized spacial score (nSPS) is 37.4. The van der Waals surface area contributed by atoms with E-state index in [4.69, 9.17) is 14.2 Å². The Morgan fingerprint density at radius 2 is 1.97 bits per heavy atom. The van der Waals surface area contributed by atoms with Crippen molar-refractivity contribution in [2.24, 2.45) is 0 Å². The molecule has 3 fully saturated rings. The van der Waals surface area contributed by atoms with Gasteiger partial charge < -0.3 is 24.2 Å². The highest BCUT2D eigenvalue weighted by Gasteiger charge is 2.49. The van der Waals surface area contributed by atoms with E-state index in [1.165, 1.54) is 5.56 Å². The maximum Gasteiger partial charge on any atom is 0.260 e. The number of aliphatic hydroxyl groups is 1. The number of rotatable bonds is 0. The van der Waals surface area contributed by atoms with E-state index in [9.17, 15) is 9.90 Å². The molecule has 30 heavy (non-hydrogen) atoms. The average molecular weight is 417 g/mol. The fourth-order valence-corrected chi connectivity index (χ4v) is 5.78. The van der Waals surface area contributed by atoms with Gasteiger partial charge in [0.05, 0.1) is 37.5 Å². The Bertz CT molecular complexity index is 762. The van der Waals surface area contributed by atoms with E-state index in [1.54, 1.807) is 0 Å². The Labute approximate surface area is 177 Å². The average Bonchev–Trinajstić information content (AvgIpc) is 2.78. The molecule has 1 aliphatic carbocycles. The Morgan fingerprint density at radius 1 is 1.13 bits per heavy atom. The van der Waals surface area contributed by atoms with Crippen molar-refractivity contribution in [3.8, 4) is 5.75 Å². The van der Waals surface area contributed by atoms with Crippen LogP contribution in [-0.4, -0.2) is 72.8 Å². The summed E-state index contributed by atoms with van der Waals surface area (Å²) in [6, 6.07) is 7.95. The molecular weight excluding hydrogens is 384 g/mol. The molecule has 1 aromatic rings. The molecule has 1 aromatic carbocycles. The van der Waals surface area contributed by atoms with Crippen molar-refractivity contribution in [1.82, 2.24) is 10.2 Å². The van der Waals surface area contributed by atoms with Crippen molar-refractivity contribution in [3.63, 3.8) is 0 Å². The number of nitrogens with one attached hydrogen (secondary N) is 1. The summed E-state index contributed by atoms with van der Waals surface area (Å²) in [5, 5.41) is 13.6. The minimum atomic E-state index is -0.725. The summed E-state index contributed by atoms with van der Waals surface area (Å²) < 4.78 is 18.2. The van der Waals surface area contributed by atoms with Crippen LogP contribution in [0.15, 0.2) is 24.3 Å². The molecular formula is C23H32N2O5. The monoisotopic (exact) mass is 416 g/mol. The van der Waals surface area contributed by atoms with Gasteiger partial charge in [-0.05, 0) is 56.1 Å². The predicted molar refractivity (Wildman–Crippen MR) is 110 cm³/mol. The van der Waals surface area contributed by atoms with E-state index in [0.717, 1.165) is 44.3 Å². The number of hydrogen-bond acceptors (Lipinski definition) is 6. The SMILES string of the molecule is O=C1COc2ccccc2C2CCC(CC2)OC[C@H]2N1CCC[C@]21COCC(O)N1. The molecule has 0 radical (unpaired) electrons. The number of hydrogen-bond donors (Lipinski definition) is 2. The molecule has 4 heterocycles. The highest BCUT2D eigenvalue weighted by Crippen LogP contribution is 2.39. The van der Waals surface area contributed by atoms with Gasteiger partial charge in [-0.25, -0.2) is 0 Å². The first-order valence-electron chi connectivity index (χ1n) is 11.3. The molecule has 2 saturated heterocycles. The van der Waals surface area contributed by atoms with Crippen molar-refractivity contribution >= 4 is 5.91 Å². The summed E-state index contributed by atoms with van der Waals surface area (Å²) in [7, 11) is 0. The van der Waals surface area contributed by atoms with E-state index >= 15 is 0 Å².